The van der Waals surface area contributed by atoms with Gasteiger partial charge in [-0.15, -0.1) is 0 Å². The van der Waals surface area contributed by atoms with E-state index in [2.05, 4.69) is 5.32 Å². The van der Waals surface area contributed by atoms with Crippen LogP contribution in [0.1, 0.15) is 33.1 Å². The SMILES string of the molecule is Cc1ccc(CN(C(=O)CN2C(=O)C(=O)c3ccccc32)C(C(=O)Nc2ccc3c(c2)OCO3)c2ccccc2)cc1. The van der Waals surface area contributed by atoms with Crippen molar-refractivity contribution < 1.29 is 28.7 Å². The monoisotopic (exact) mass is 561 g/mol. The van der Waals surface area contributed by atoms with Crippen molar-refractivity contribution in [3.05, 3.63) is 119 Å². The second kappa shape index (κ2) is 11.2. The Morgan fingerprint density at radius 1 is 0.881 bits per heavy atom. The lowest BCUT2D eigenvalue weighted by Gasteiger charge is -2.33. The van der Waals surface area contributed by atoms with Gasteiger partial charge in [0.15, 0.2) is 11.5 Å². The third kappa shape index (κ3) is 5.19. The molecule has 2 aliphatic heterocycles. The van der Waals surface area contributed by atoms with Crippen LogP contribution >= 0.6 is 0 Å². The van der Waals surface area contributed by atoms with Gasteiger partial charge in [0.2, 0.25) is 12.7 Å². The fraction of sp³-hybridized carbons (Fsp3) is 0.152. The first-order valence-corrected chi connectivity index (χ1v) is 13.4. The molecule has 0 radical (unpaired) electrons. The summed E-state index contributed by atoms with van der Waals surface area (Å²) in [6, 6.07) is 27.2. The summed E-state index contributed by atoms with van der Waals surface area (Å²) in [5, 5.41) is 2.92. The summed E-state index contributed by atoms with van der Waals surface area (Å²) in [5.74, 6) is -1.31. The number of carbonyl (C=O) groups is 4. The van der Waals surface area contributed by atoms with E-state index in [1.807, 2.05) is 37.3 Å². The Kier molecular flexibility index (Phi) is 7.14. The molecule has 6 rings (SSSR count). The van der Waals surface area contributed by atoms with Crippen LogP contribution in [0.4, 0.5) is 11.4 Å². The number of para-hydroxylation sites is 1. The highest BCUT2D eigenvalue weighted by Crippen LogP contribution is 2.35. The van der Waals surface area contributed by atoms with Gasteiger partial charge >= 0.3 is 0 Å². The number of carbonyl (C=O) groups excluding carboxylic acids is 4. The van der Waals surface area contributed by atoms with Gasteiger partial charge in [-0.3, -0.25) is 24.1 Å². The van der Waals surface area contributed by atoms with Crippen molar-refractivity contribution in [3.8, 4) is 11.5 Å². The zero-order valence-corrected chi connectivity index (χ0v) is 22.8. The molecule has 42 heavy (non-hydrogen) atoms. The minimum absolute atomic E-state index is 0.0882. The highest BCUT2D eigenvalue weighted by molar-refractivity contribution is 6.52. The summed E-state index contributed by atoms with van der Waals surface area (Å²) in [7, 11) is 0. The van der Waals surface area contributed by atoms with E-state index in [0.29, 0.717) is 28.4 Å². The number of ether oxygens (including phenoxy) is 2. The van der Waals surface area contributed by atoms with Crippen molar-refractivity contribution >= 4 is 34.9 Å². The Morgan fingerprint density at radius 3 is 2.38 bits per heavy atom. The maximum atomic E-state index is 14.2. The minimum Gasteiger partial charge on any atom is -0.454 e. The number of Topliss-reactive ketones (excluding diaryl/α,β-unsaturated/α-hetero) is 1. The van der Waals surface area contributed by atoms with E-state index in [9.17, 15) is 19.2 Å². The molecule has 0 spiro atoms. The number of nitrogens with zero attached hydrogens (tertiary/aromatic N) is 2. The molecule has 0 aliphatic carbocycles. The first kappa shape index (κ1) is 26.8. The van der Waals surface area contributed by atoms with Gasteiger partial charge in [-0.1, -0.05) is 72.3 Å². The number of nitrogens with one attached hydrogen (secondary N) is 1. The number of rotatable bonds is 8. The lowest BCUT2D eigenvalue weighted by molar-refractivity contribution is -0.139. The van der Waals surface area contributed by atoms with Gasteiger partial charge in [0.05, 0.1) is 11.3 Å². The van der Waals surface area contributed by atoms with Crippen LogP contribution in [0.2, 0.25) is 0 Å². The maximum absolute atomic E-state index is 14.2. The average Bonchev–Trinajstić information content (AvgIpc) is 3.57. The largest absolute Gasteiger partial charge is 0.454 e. The van der Waals surface area contributed by atoms with Gasteiger partial charge in [0.1, 0.15) is 12.6 Å². The van der Waals surface area contributed by atoms with Crippen LogP contribution in [0.3, 0.4) is 0 Å². The zero-order valence-electron chi connectivity index (χ0n) is 22.8. The van der Waals surface area contributed by atoms with E-state index >= 15 is 0 Å². The van der Waals surface area contributed by atoms with E-state index < -0.39 is 36.1 Å². The average molecular weight is 562 g/mol. The molecule has 3 amide bonds. The molecule has 0 bridgehead atoms. The molecule has 2 aliphatic rings. The quantitative estimate of drug-likeness (QED) is 0.314. The molecule has 1 atom stereocenters. The number of benzene rings is 4. The maximum Gasteiger partial charge on any atom is 0.299 e. The Balaban J connectivity index is 1.37. The van der Waals surface area contributed by atoms with Crippen LogP contribution < -0.4 is 19.7 Å². The van der Waals surface area contributed by atoms with Gasteiger partial charge in [0.25, 0.3) is 17.6 Å². The molecule has 1 unspecified atom stereocenters. The van der Waals surface area contributed by atoms with Crippen molar-refractivity contribution in [2.24, 2.45) is 0 Å². The second-order valence-electron chi connectivity index (χ2n) is 10.1. The van der Waals surface area contributed by atoms with Crippen molar-refractivity contribution in [1.29, 1.82) is 0 Å². The molecular formula is C33H27N3O6. The standard InChI is InChI=1S/C33H27N3O6/c1-21-11-13-22(14-12-21)18-36(29(37)19-35-26-10-6-5-9-25(26)31(38)33(35)40)30(23-7-3-2-4-8-23)32(39)34-24-15-16-27-28(17-24)42-20-41-27/h2-17,30H,18-20H2,1H3,(H,34,39). The van der Waals surface area contributed by atoms with Crippen molar-refractivity contribution in [1.82, 2.24) is 4.90 Å². The number of hydrogen-bond acceptors (Lipinski definition) is 6. The Morgan fingerprint density at radius 2 is 1.60 bits per heavy atom. The van der Waals surface area contributed by atoms with Crippen molar-refractivity contribution in [2.45, 2.75) is 19.5 Å². The van der Waals surface area contributed by atoms with Crippen LogP contribution in [0.15, 0.2) is 97.1 Å². The molecule has 1 N–H and O–H groups in total. The van der Waals surface area contributed by atoms with E-state index in [0.717, 1.165) is 11.1 Å². The van der Waals surface area contributed by atoms with Crippen LogP contribution in [0.25, 0.3) is 0 Å². The molecule has 0 aromatic heterocycles. The molecule has 4 aromatic rings. The molecule has 0 fully saturated rings. The predicted molar refractivity (Wildman–Crippen MR) is 155 cm³/mol. The summed E-state index contributed by atoms with van der Waals surface area (Å²) in [5.41, 5.74) is 3.53. The third-order valence-electron chi connectivity index (χ3n) is 7.28. The van der Waals surface area contributed by atoms with Gasteiger partial charge < -0.3 is 19.7 Å². The fourth-order valence-electron chi connectivity index (χ4n) is 5.14. The number of fused-ring (bicyclic) bond motifs is 2. The highest BCUT2D eigenvalue weighted by atomic mass is 16.7. The summed E-state index contributed by atoms with van der Waals surface area (Å²) in [6.07, 6.45) is 0. The molecule has 4 aromatic carbocycles. The first-order valence-electron chi connectivity index (χ1n) is 13.4. The predicted octanol–water partition coefficient (Wildman–Crippen LogP) is 4.66. The lowest BCUT2D eigenvalue weighted by atomic mass is 10.0. The van der Waals surface area contributed by atoms with Crippen LogP contribution in [-0.2, 0) is 20.9 Å². The Labute approximate surface area is 242 Å². The van der Waals surface area contributed by atoms with Crippen LogP contribution in [0.5, 0.6) is 11.5 Å². The zero-order chi connectivity index (χ0) is 29.2. The topological polar surface area (TPSA) is 105 Å². The van der Waals surface area contributed by atoms with Crippen LogP contribution in [-0.4, -0.2) is 41.7 Å². The normalized spacial score (nSPS) is 14.0. The number of anilines is 2. The smallest absolute Gasteiger partial charge is 0.299 e. The molecule has 0 saturated heterocycles. The van der Waals surface area contributed by atoms with Gasteiger partial charge in [-0.2, -0.15) is 0 Å². The molecule has 9 heteroatoms. The molecule has 210 valence electrons. The first-order chi connectivity index (χ1) is 20.4. The van der Waals surface area contributed by atoms with E-state index in [-0.39, 0.29) is 18.9 Å². The number of ketones is 1. The fourth-order valence-corrected chi connectivity index (χ4v) is 5.14. The Hall–Kier alpha value is -5.44. The lowest BCUT2D eigenvalue weighted by Crippen LogP contribution is -2.46. The number of aryl methyl sites for hydroxylation is 1. The van der Waals surface area contributed by atoms with Gasteiger partial charge in [-0.25, -0.2) is 0 Å². The molecule has 9 nitrogen and oxygen atoms in total. The minimum atomic E-state index is -1.06. The van der Waals surface area contributed by atoms with Gasteiger partial charge in [-0.05, 0) is 42.3 Å². The van der Waals surface area contributed by atoms with Crippen molar-refractivity contribution in [2.75, 3.05) is 23.6 Å². The number of amides is 3. The van der Waals surface area contributed by atoms with Crippen molar-refractivity contribution in [3.63, 3.8) is 0 Å². The van der Waals surface area contributed by atoms with Gasteiger partial charge in [0, 0.05) is 18.3 Å². The Bertz CT molecular complexity index is 1690. The highest BCUT2D eigenvalue weighted by Gasteiger charge is 2.39. The summed E-state index contributed by atoms with van der Waals surface area (Å²) in [4.78, 5) is 56.4. The molecule has 0 saturated carbocycles. The number of hydrogen-bond donors (Lipinski definition) is 1. The molecular weight excluding hydrogens is 534 g/mol. The summed E-state index contributed by atoms with van der Waals surface area (Å²) >= 11 is 0. The van der Waals surface area contributed by atoms with Crippen LogP contribution in [0, 0.1) is 6.92 Å². The summed E-state index contributed by atoms with van der Waals surface area (Å²) in [6.45, 7) is 1.74. The molecule has 2 heterocycles. The van der Waals surface area contributed by atoms with E-state index in [1.165, 1.54) is 9.80 Å². The van der Waals surface area contributed by atoms with E-state index in [1.54, 1.807) is 66.7 Å². The third-order valence-corrected chi connectivity index (χ3v) is 7.28. The summed E-state index contributed by atoms with van der Waals surface area (Å²) < 4.78 is 10.8. The second-order valence-corrected chi connectivity index (χ2v) is 10.1. The van der Waals surface area contributed by atoms with E-state index in [4.69, 9.17) is 9.47 Å².